The van der Waals surface area contributed by atoms with E-state index in [4.69, 9.17) is 19.9 Å². The van der Waals surface area contributed by atoms with Crippen LogP contribution in [0.5, 0.6) is 0 Å². The zero-order valence-electron chi connectivity index (χ0n) is 25.4. The van der Waals surface area contributed by atoms with E-state index in [0.717, 1.165) is 67.2 Å². The minimum atomic E-state index is -0.897. The molecule has 0 aromatic carbocycles. The van der Waals surface area contributed by atoms with Crippen molar-refractivity contribution in [3.8, 4) is 0 Å². The molecule has 3 aliphatic heterocycles. The van der Waals surface area contributed by atoms with E-state index >= 15 is 0 Å². The van der Waals surface area contributed by atoms with Gasteiger partial charge in [0.1, 0.15) is 0 Å². The second kappa shape index (κ2) is 12.7. The predicted octanol–water partition coefficient (Wildman–Crippen LogP) is 6.24. The summed E-state index contributed by atoms with van der Waals surface area (Å²) in [4.78, 5) is 43.8. The molecule has 3 aromatic rings. The average Bonchev–Trinajstić information content (AvgIpc) is 3.49. The maximum absolute atomic E-state index is 11.6. The molecular weight excluding hydrogens is 648 g/mol. The van der Waals surface area contributed by atoms with E-state index in [-0.39, 0.29) is 36.3 Å². The van der Waals surface area contributed by atoms with E-state index in [1.54, 1.807) is 0 Å². The molecule has 232 valence electrons. The van der Waals surface area contributed by atoms with Crippen LogP contribution < -0.4 is 9.97 Å². The van der Waals surface area contributed by atoms with Crippen molar-refractivity contribution in [2.24, 2.45) is 0 Å². The van der Waals surface area contributed by atoms with Crippen molar-refractivity contribution in [1.82, 2.24) is 19.9 Å². The standard InChI is InChI=1S/C34H34N4O4S2.Fe/c1-15-20(6-8-31(39)40)26-13-27-21(7-9-32(41)42)16(2)23(36-27)11-28-33(19(5)43)17(3)25(37-28)12-29-34(30-14-44-30)18(4)24(38-29)10-22(15)35-26;/h10-13,30H,5-9,14H2,1-4H3,(H5,35,36,37,38,39,40,41,42,43);/q;+2/p-1/t30-;/m1./s1. The monoisotopic (exact) mass is 681 g/mol. The van der Waals surface area contributed by atoms with Crippen molar-refractivity contribution < 1.29 is 36.9 Å². The second-order valence-corrected chi connectivity index (χ2v) is 13.4. The van der Waals surface area contributed by atoms with E-state index in [0.29, 0.717) is 39.0 Å². The molecule has 11 heteroatoms. The number of aromatic nitrogens is 4. The molecule has 2 N–H and O–H groups in total. The van der Waals surface area contributed by atoms with E-state index < -0.39 is 11.9 Å². The number of carboxylic acid groups (broad SMARTS) is 2. The summed E-state index contributed by atoms with van der Waals surface area (Å²) < 4.78 is 0. The number of thiol groups is 2. The van der Waals surface area contributed by atoms with Crippen LogP contribution >= 0.6 is 12.6 Å². The Labute approximate surface area is 281 Å². The molecule has 0 amide bonds. The first-order valence-corrected chi connectivity index (χ1v) is 16.1. The molecule has 0 saturated carbocycles. The van der Waals surface area contributed by atoms with E-state index in [1.165, 1.54) is 17.3 Å². The van der Waals surface area contributed by atoms with Gasteiger partial charge in [0.05, 0.1) is 22.8 Å². The Balaban J connectivity index is 0.00000400. The number of rotatable bonds is 8. The van der Waals surface area contributed by atoms with Gasteiger partial charge in [-0.15, -0.1) is 34.7 Å². The molecule has 0 spiro atoms. The molecule has 1 fully saturated rings. The van der Waals surface area contributed by atoms with Gasteiger partial charge in [-0.05, 0) is 74.6 Å². The topological polar surface area (TPSA) is 129 Å². The Morgan fingerprint density at radius 1 is 0.844 bits per heavy atom. The van der Waals surface area contributed by atoms with Crippen LogP contribution in [0.25, 0.3) is 44.4 Å². The maximum Gasteiger partial charge on any atom is 2.00 e. The van der Waals surface area contributed by atoms with Crippen LogP contribution in [0.1, 0.15) is 83.4 Å². The van der Waals surface area contributed by atoms with Crippen molar-refractivity contribution in [2.45, 2.75) is 58.6 Å². The third-order valence-electron chi connectivity index (χ3n) is 8.59. The largest absolute Gasteiger partial charge is 2.00 e. The van der Waals surface area contributed by atoms with E-state index in [9.17, 15) is 19.8 Å². The first kappa shape index (κ1) is 32.9. The molecule has 45 heavy (non-hydrogen) atoms. The van der Waals surface area contributed by atoms with Gasteiger partial charge >= 0.3 is 29.0 Å². The Morgan fingerprint density at radius 2 is 1.38 bits per heavy atom. The van der Waals surface area contributed by atoms with Gasteiger partial charge in [0.15, 0.2) is 11.0 Å². The number of carbonyl (C=O) groups is 2. The molecule has 0 radical (unpaired) electrons. The van der Waals surface area contributed by atoms with Crippen molar-refractivity contribution >= 4 is 80.7 Å². The summed E-state index contributed by atoms with van der Waals surface area (Å²) in [5.74, 6) is -0.689. The number of allylic oxidation sites excluding steroid dienone is 4. The fourth-order valence-electron chi connectivity index (χ4n) is 6.10. The number of aliphatic carboxylic acids is 2. The summed E-state index contributed by atoms with van der Waals surface area (Å²) in [7, 11) is 0. The molecule has 6 heterocycles. The normalized spacial score (nSPS) is 15.7. The van der Waals surface area contributed by atoms with Crippen molar-refractivity contribution in [1.29, 1.82) is 0 Å². The van der Waals surface area contributed by atoms with Gasteiger partial charge in [-0.1, -0.05) is 47.5 Å². The van der Waals surface area contributed by atoms with Gasteiger partial charge in [-0.3, -0.25) is 9.59 Å². The Bertz CT molecular complexity index is 2020. The van der Waals surface area contributed by atoms with Gasteiger partial charge in [0.2, 0.25) is 0 Å². The first-order chi connectivity index (χ1) is 20.9. The van der Waals surface area contributed by atoms with Gasteiger partial charge in [0.25, 0.3) is 0 Å². The van der Waals surface area contributed by atoms with E-state index in [1.807, 2.05) is 45.0 Å². The first-order valence-electron chi connectivity index (χ1n) is 14.5. The minimum absolute atomic E-state index is 0. The molecule has 8 bridgehead atoms. The number of fused-ring (bicyclic) bond motifs is 8. The van der Waals surface area contributed by atoms with Crippen LogP contribution in [0.4, 0.5) is 0 Å². The zero-order chi connectivity index (χ0) is 31.4. The molecular formula is C34H33FeN4O4S2+. The maximum atomic E-state index is 11.6. The second-order valence-electron chi connectivity index (χ2n) is 11.5. The fraction of sp³-hybridized carbons (Fsp3) is 0.294. The Hall–Kier alpha value is -3.50. The van der Waals surface area contributed by atoms with Crippen LogP contribution in [0, 0.1) is 13.8 Å². The fourth-order valence-corrected chi connectivity index (χ4v) is 7.18. The molecule has 1 atom stereocenters. The Morgan fingerprint density at radius 3 is 2.02 bits per heavy atom. The molecule has 1 saturated heterocycles. The van der Waals surface area contributed by atoms with Gasteiger partial charge in [-0.2, -0.15) is 0 Å². The average molecular weight is 682 g/mol. The van der Waals surface area contributed by atoms with E-state index in [2.05, 4.69) is 26.1 Å². The summed E-state index contributed by atoms with van der Waals surface area (Å²) in [5.41, 5.74) is 13.4. The third kappa shape index (κ3) is 6.31. The Kier molecular flexibility index (Phi) is 9.29. The summed E-state index contributed by atoms with van der Waals surface area (Å²) >= 11 is 5.99. The third-order valence-corrected chi connectivity index (χ3v) is 9.81. The van der Waals surface area contributed by atoms with Crippen LogP contribution in [0.2, 0.25) is 0 Å². The predicted molar refractivity (Wildman–Crippen MR) is 181 cm³/mol. The van der Waals surface area contributed by atoms with Gasteiger partial charge in [0, 0.05) is 23.3 Å². The number of hydrogen-bond donors (Lipinski definition) is 3. The molecule has 8 nitrogen and oxygen atoms in total. The van der Waals surface area contributed by atoms with Crippen molar-refractivity contribution in [3.63, 3.8) is 0 Å². The molecule has 6 rings (SSSR count). The van der Waals surface area contributed by atoms with Crippen LogP contribution in [0.15, 0.2) is 35.7 Å². The number of nitrogens with zero attached hydrogens (tertiary/aromatic N) is 4. The molecule has 3 aromatic heterocycles. The van der Waals surface area contributed by atoms with Crippen LogP contribution in [0.3, 0.4) is 0 Å². The van der Waals surface area contributed by atoms with Crippen LogP contribution in [-0.4, -0.2) is 37.9 Å². The summed E-state index contributed by atoms with van der Waals surface area (Å²) in [5, 5.41) is 19.4. The minimum Gasteiger partial charge on any atom is -0.657 e. The summed E-state index contributed by atoms with van der Waals surface area (Å²) in [6, 6.07) is 7.81. The number of hydrogen-bond acceptors (Lipinski definition) is 5. The summed E-state index contributed by atoms with van der Waals surface area (Å²) in [6.45, 7) is 12.1. The molecule has 3 aliphatic rings. The summed E-state index contributed by atoms with van der Waals surface area (Å²) in [6.07, 6.45) is 0.507. The van der Waals surface area contributed by atoms with Gasteiger partial charge in [-0.25, -0.2) is 9.97 Å². The number of aryl methyl sites for hydroxylation is 3. The smallest absolute Gasteiger partial charge is 0.657 e. The van der Waals surface area contributed by atoms with Crippen molar-refractivity contribution in [3.05, 3.63) is 80.8 Å². The quantitative estimate of drug-likeness (QED) is 0.110. The molecule has 0 unspecified atom stereocenters. The SMILES string of the molecule is C=C(S)C1=C(C)c2cc3[n-]c(cc4nc(cc5[n-]c(cc1n2)c(C)c5CCC(=O)O)C(CCC(=O)O)=C4C)c(C)c3[C@H]1C[SH+]1.[Fe+2]. The van der Waals surface area contributed by atoms with Gasteiger partial charge < -0.3 is 20.2 Å². The number of carboxylic acids is 2. The van der Waals surface area contributed by atoms with Crippen molar-refractivity contribution in [2.75, 3.05) is 5.75 Å². The zero-order valence-corrected chi connectivity index (χ0v) is 28.3. The molecule has 0 aliphatic carbocycles. The van der Waals surface area contributed by atoms with Crippen LogP contribution in [-0.2, 0) is 44.8 Å².